The Kier molecular flexibility index (Phi) is 4.73. The number of nitrogens with two attached hydrogens (primary N) is 1. The molecule has 2 aromatic heterocycles. The van der Waals surface area contributed by atoms with E-state index >= 15 is 0 Å². The predicted octanol–water partition coefficient (Wildman–Crippen LogP) is 2.09. The molecule has 3 heterocycles. The van der Waals surface area contributed by atoms with Crippen molar-refractivity contribution in [2.45, 2.75) is 52.1 Å². The van der Waals surface area contributed by atoms with Gasteiger partial charge in [-0.3, -0.25) is 9.48 Å². The number of aryl methyl sites for hydroxylation is 1. The predicted molar refractivity (Wildman–Crippen MR) is 95.1 cm³/mol. The highest BCUT2D eigenvalue weighted by molar-refractivity contribution is 7.09. The van der Waals surface area contributed by atoms with Crippen molar-refractivity contribution in [1.29, 1.82) is 0 Å². The number of rotatable bonds is 5. The minimum atomic E-state index is -0.387. The summed E-state index contributed by atoms with van der Waals surface area (Å²) in [7, 11) is 0. The molecule has 130 valence electrons. The molecule has 1 amide bonds. The third kappa shape index (κ3) is 3.67. The molecule has 0 unspecified atom stereocenters. The van der Waals surface area contributed by atoms with Crippen LogP contribution in [-0.4, -0.2) is 27.2 Å². The van der Waals surface area contributed by atoms with Crippen LogP contribution in [0.15, 0.2) is 11.6 Å². The van der Waals surface area contributed by atoms with E-state index in [0.29, 0.717) is 11.5 Å². The van der Waals surface area contributed by atoms with Crippen LogP contribution in [0.3, 0.4) is 0 Å². The molecule has 1 atom stereocenters. The minimum absolute atomic E-state index is 0.107. The summed E-state index contributed by atoms with van der Waals surface area (Å²) in [6.45, 7) is 9.09. The van der Waals surface area contributed by atoms with Crippen molar-refractivity contribution >= 4 is 17.2 Å². The Hall–Kier alpha value is -1.73. The maximum atomic E-state index is 11.5. The van der Waals surface area contributed by atoms with Gasteiger partial charge in [0.05, 0.1) is 28.2 Å². The van der Waals surface area contributed by atoms with Gasteiger partial charge >= 0.3 is 0 Å². The van der Waals surface area contributed by atoms with Gasteiger partial charge in [-0.2, -0.15) is 5.10 Å². The van der Waals surface area contributed by atoms with Crippen LogP contribution >= 0.6 is 11.3 Å². The van der Waals surface area contributed by atoms with Crippen molar-refractivity contribution in [2.24, 2.45) is 11.7 Å². The van der Waals surface area contributed by atoms with E-state index in [1.165, 1.54) is 5.01 Å². The molecule has 2 aromatic rings. The standard InChI is InChI=1S/C17H25N5OS/c1-17(2,3)16-21-12(10-24-16)8-19-7-11-4-5-22-14(6-11)13(9-20-22)15(18)23/h9-11,19H,4-8H2,1-3H3,(H2,18,23)/t11-/m1/s1. The molecule has 0 bridgehead atoms. The molecule has 0 spiro atoms. The first-order valence-corrected chi connectivity index (χ1v) is 9.22. The van der Waals surface area contributed by atoms with Gasteiger partial charge < -0.3 is 11.1 Å². The first-order chi connectivity index (χ1) is 11.3. The molecule has 0 saturated carbocycles. The first kappa shape index (κ1) is 17.1. The summed E-state index contributed by atoms with van der Waals surface area (Å²) in [5.74, 6) is 0.107. The van der Waals surface area contributed by atoms with E-state index < -0.39 is 0 Å². The Morgan fingerprint density at radius 2 is 2.29 bits per heavy atom. The van der Waals surface area contributed by atoms with E-state index in [4.69, 9.17) is 10.7 Å². The molecule has 24 heavy (non-hydrogen) atoms. The van der Waals surface area contributed by atoms with Crippen LogP contribution in [0.2, 0.25) is 0 Å². The number of nitrogens with zero attached hydrogens (tertiary/aromatic N) is 3. The lowest BCUT2D eigenvalue weighted by atomic mass is 9.94. The number of hydrogen-bond acceptors (Lipinski definition) is 5. The normalized spacial score (nSPS) is 17.7. The maximum Gasteiger partial charge on any atom is 0.252 e. The monoisotopic (exact) mass is 347 g/mol. The van der Waals surface area contributed by atoms with Gasteiger partial charge in [-0.15, -0.1) is 11.3 Å². The third-order valence-corrected chi connectivity index (χ3v) is 5.69. The van der Waals surface area contributed by atoms with Crippen LogP contribution in [-0.2, 0) is 24.9 Å². The zero-order valence-corrected chi connectivity index (χ0v) is 15.3. The molecule has 0 aliphatic carbocycles. The van der Waals surface area contributed by atoms with Gasteiger partial charge in [0.15, 0.2) is 0 Å². The number of primary amides is 1. The largest absolute Gasteiger partial charge is 0.365 e. The maximum absolute atomic E-state index is 11.5. The van der Waals surface area contributed by atoms with Gasteiger partial charge in [-0.25, -0.2) is 4.98 Å². The Balaban J connectivity index is 1.54. The fourth-order valence-electron chi connectivity index (χ4n) is 3.02. The number of thiazole rings is 1. The molecular formula is C17H25N5OS. The fourth-order valence-corrected chi connectivity index (χ4v) is 3.92. The molecule has 1 aliphatic rings. The van der Waals surface area contributed by atoms with Crippen molar-refractivity contribution < 1.29 is 4.79 Å². The molecule has 0 fully saturated rings. The average molecular weight is 347 g/mol. The topological polar surface area (TPSA) is 85.8 Å². The van der Waals surface area contributed by atoms with Crippen LogP contribution in [0, 0.1) is 5.92 Å². The van der Waals surface area contributed by atoms with Gasteiger partial charge in [-0.05, 0) is 25.3 Å². The lowest BCUT2D eigenvalue weighted by Crippen LogP contribution is -2.30. The van der Waals surface area contributed by atoms with Gasteiger partial charge in [0.2, 0.25) is 0 Å². The van der Waals surface area contributed by atoms with Crippen molar-refractivity contribution in [2.75, 3.05) is 6.54 Å². The summed E-state index contributed by atoms with van der Waals surface area (Å²) in [6, 6.07) is 0. The van der Waals surface area contributed by atoms with E-state index in [1.807, 2.05) is 4.68 Å². The lowest BCUT2D eigenvalue weighted by Gasteiger charge is -2.24. The summed E-state index contributed by atoms with van der Waals surface area (Å²) < 4.78 is 1.91. The zero-order chi connectivity index (χ0) is 17.3. The molecule has 7 heteroatoms. The second-order valence-electron chi connectivity index (χ2n) is 7.48. The molecule has 0 radical (unpaired) electrons. The lowest BCUT2D eigenvalue weighted by molar-refractivity contribution is 0.0998. The van der Waals surface area contributed by atoms with Gasteiger partial charge in [-0.1, -0.05) is 20.8 Å². The van der Waals surface area contributed by atoms with Crippen LogP contribution in [0.1, 0.15) is 53.9 Å². The first-order valence-electron chi connectivity index (χ1n) is 8.34. The van der Waals surface area contributed by atoms with Crippen LogP contribution in [0.25, 0.3) is 0 Å². The van der Waals surface area contributed by atoms with Crippen LogP contribution < -0.4 is 11.1 Å². The Labute approximate surface area is 146 Å². The highest BCUT2D eigenvalue weighted by Crippen LogP contribution is 2.26. The number of amides is 1. The Morgan fingerprint density at radius 1 is 1.50 bits per heavy atom. The van der Waals surface area contributed by atoms with E-state index in [1.54, 1.807) is 17.5 Å². The number of aromatic nitrogens is 3. The van der Waals surface area contributed by atoms with Gasteiger partial charge in [0.1, 0.15) is 0 Å². The third-order valence-electron chi connectivity index (χ3n) is 4.38. The Morgan fingerprint density at radius 3 is 2.96 bits per heavy atom. The van der Waals surface area contributed by atoms with E-state index in [9.17, 15) is 4.79 Å². The SMILES string of the molecule is CC(C)(C)c1nc(CNC[C@@H]2CCn3ncc(C(N)=O)c3C2)cs1. The molecule has 1 aliphatic heterocycles. The molecule has 0 saturated heterocycles. The summed E-state index contributed by atoms with van der Waals surface area (Å²) in [6.07, 6.45) is 3.50. The highest BCUT2D eigenvalue weighted by atomic mass is 32.1. The number of fused-ring (bicyclic) bond motifs is 1. The smallest absolute Gasteiger partial charge is 0.252 e. The second-order valence-corrected chi connectivity index (χ2v) is 8.33. The van der Waals surface area contributed by atoms with Crippen molar-refractivity contribution in [1.82, 2.24) is 20.1 Å². The van der Waals surface area contributed by atoms with E-state index in [0.717, 1.165) is 43.9 Å². The van der Waals surface area contributed by atoms with Crippen molar-refractivity contribution in [3.8, 4) is 0 Å². The average Bonchev–Trinajstić information content (AvgIpc) is 3.12. The van der Waals surface area contributed by atoms with E-state index in [2.05, 4.69) is 36.6 Å². The van der Waals surface area contributed by atoms with Crippen molar-refractivity contribution in [3.05, 3.63) is 33.5 Å². The summed E-state index contributed by atoms with van der Waals surface area (Å²) in [4.78, 5) is 16.2. The van der Waals surface area contributed by atoms with Gasteiger partial charge in [0.25, 0.3) is 5.91 Å². The van der Waals surface area contributed by atoms with Crippen LogP contribution in [0.4, 0.5) is 0 Å². The number of carbonyl (C=O) groups is 1. The van der Waals surface area contributed by atoms with Crippen LogP contribution in [0.5, 0.6) is 0 Å². The summed E-state index contributed by atoms with van der Waals surface area (Å²) >= 11 is 1.73. The molecule has 3 rings (SSSR count). The Bertz CT molecular complexity index is 728. The molecule has 3 N–H and O–H groups in total. The number of hydrogen-bond donors (Lipinski definition) is 2. The van der Waals surface area contributed by atoms with E-state index in [-0.39, 0.29) is 11.3 Å². The quantitative estimate of drug-likeness (QED) is 0.867. The molecular weight excluding hydrogens is 322 g/mol. The molecule has 0 aromatic carbocycles. The minimum Gasteiger partial charge on any atom is -0.365 e. The number of nitrogens with one attached hydrogen (secondary N) is 1. The molecule has 6 nitrogen and oxygen atoms in total. The van der Waals surface area contributed by atoms with Gasteiger partial charge in [0, 0.05) is 23.9 Å². The fraction of sp³-hybridized carbons (Fsp3) is 0.588. The second kappa shape index (κ2) is 6.64. The summed E-state index contributed by atoms with van der Waals surface area (Å²) in [5.41, 5.74) is 8.17. The number of carbonyl (C=O) groups excluding carboxylic acids is 1. The highest BCUT2D eigenvalue weighted by Gasteiger charge is 2.24. The zero-order valence-electron chi connectivity index (χ0n) is 14.5. The van der Waals surface area contributed by atoms with Crippen molar-refractivity contribution in [3.63, 3.8) is 0 Å². The summed E-state index contributed by atoms with van der Waals surface area (Å²) in [5, 5.41) is 11.1.